The number of ether oxygens (including phenoxy) is 4. The van der Waals surface area contributed by atoms with Crippen molar-refractivity contribution in [3.63, 3.8) is 0 Å². The Balaban J connectivity index is 1.61. The molecule has 9 nitrogen and oxygen atoms in total. The van der Waals surface area contributed by atoms with Gasteiger partial charge in [-0.25, -0.2) is 4.79 Å². The van der Waals surface area contributed by atoms with E-state index in [1.807, 2.05) is 0 Å². The summed E-state index contributed by atoms with van der Waals surface area (Å²) in [6.07, 6.45) is 5.50. The molecule has 0 amide bonds. The summed E-state index contributed by atoms with van der Waals surface area (Å²) in [6, 6.07) is 13.8. The van der Waals surface area contributed by atoms with Crippen LogP contribution in [-0.2, 0) is 9.53 Å². The van der Waals surface area contributed by atoms with Crippen LogP contribution in [0.15, 0.2) is 53.6 Å². The monoisotopic (exact) mass is 469 g/mol. The molecule has 0 aliphatic carbocycles. The van der Waals surface area contributed by atoms with Crippen molar-refractivity contribution >= 4 is 11.9 Å². The van der Waals surface area contributed by atoms with Gasteiger partial charge in [0.1, 0.15) is 23.8 Å². The van der Waals surface area contributed by atoms with E-state index in [-0.39, 0.29) is 6.54 Å². The zero-order valence-corrected chi connectivity index (χ0v) is 19.5. The smallest absolute Gasteiger partial charge is 0.343 e. The van der Waals surface area contributed by atoms with E-state index in [1.54, 1.807) is 48.5 Å². The Hall–Kier alpha value is -3.71. The lowest BCUT2D eigenvalue weighted by Gasteiger charge is -2.09. The minimum Gasteiger partial charge on any atom is -0.494 e. The van der Waals surface area contributed by atoms with Gasteiger partial charge in [0.15, 0.2) is 0 Å². The molecule has 182 valence electrons. The summed E-state index contributed by atoms with van der Waals surface area (Å²) < 4.78 is 21.7. The number of carbonyl (C=O) groups is 2. The zero-order valence-electron chi connectivity index (χ0n) is 19.5. The summed E-state index contributed by atoms with van der Waals surface area (Å²) in [6.45, 7) is 3.36. The van der Waals surface area contributed by atoms with E-state index in [2.05, 4.69) is 16.9 Å². The number of carbonyl (C=O) groups excluding carboxylic acids is 2. The SMILES string of the molecule is CCCCOc1ccc(OC(=O)c2ccc(OCCCCCCOC(=O)CN=[N+]=[N-])cc2)cc1. The number of esters is 2. The van der Waals surface area contributed by atoms with Crippen molar-refractivity contribution < 1.29 is 28.5 Å². The second kappa shape index (κ2) is 16.0. The molecule has 0 aliphatic rings. The van der Waals surface area contributed by atoms with Crippen LogP contribution in [0, 0.1) is 0 Å². The summed E-state index contributed by atoms with van der Waals surface area (Å²) in [5, 5.41) is 3.15. The van der Waals surface area contributed by atoms with Crippen molar-refractivity contribution in [2.45, 2.75) is 45.4 Å². The maximum Gasteiger partial charge on any atom is 0.343 e. The minimum absolute atomic E-state index is 0.275. The molecule has 34 heavy (non-hydrogen) atoms. The van der Waals surface area contributed by atoms with Crippen LogP contribution in [0.3, 0.4) is 0 Å². The molecule has 0 saturated carbocycles. The third-order valence-electron chi connectivity index (χ3n) is 4.72. The largest absolute Gasteiger partial charge is 0.494 e. The fraction of sp³-hybridized carbons (Fsp3) is 0.440. The molecule has 0 unspecified atom stereocenters. The first-order valence-electron chi connectivity index (χ1n) is 11.5. The van der Waals surface area contributed by atoms with Gasteiger partial charge in [0, 0.05) is 4.91 Å². The van der Waals surface area contributed by atoms with Crippen LogP contribution < -0.4 is 14.2 Å². The van der Waals surface area contributed by atoms with E-state index in [9.17, 15) is 9.59 Å². The molecule has 2 rings (SSSR count). The maximum absolute atomic E-state index is 12.4. The standard InChI is InChI=1S/C25H31N3O6/c1-2-3-16-31-22-12-14-23(15-13-22)34-25(30)20-8-10-21(11-9-20)32-17-6-4-5-7-18-33-24(29)19-27-28-26/h8-15H,2-7,16-19H2,1H3. The van der Waals surface area contributed by atoms with Crippen LogP contribution in [0.1, 0.15) is 55.8 Å². The van der Waals surface area contributed by atoms with E-state index in [1.165, 1.54) is 0 Å². The molecular formula is C25H31N3O6. The van der Waals surface area contributed by atoms with Gasteiger partial charge in [-0.15, -0.1) is 0 Å². The molecule has 0 aliphatic heterocycles. The van der Waals surface area contributed by atoms with Crippen molar-refractivity contribution in [1.29, 1.82) is 0 Å². The Morgan fingerprint density at radius 1 is 0.794 bits per heavy atom. The topological polar surface area (TPSA) is 120 Å². The maximum atomic E-state index is 12.4. The second-order valence-electron chi connectivity index (χ2n) is 7.46. The van der Waals surface area contributed by atoms with Gasteiger partial charge in [0.05, 0.1) is 25.4 Å². The van der Waals surface area contributed by atoms with Gasteiger partial charge in [-0.05, 0) is 86.2 Å². The molecule has 0 heterocycles. The van der Waals surface area contributed by atoms with Gasteiger partial charge in [-0.2, -0.15) is 0 Å². The lowest BCUT2D eigenvalue weighted by molar-refractivity contribution is -0.142. The van der Waals surface area contributed by atoms with Gasteiger partial charge < -0.3 is 18.9 Å². The average Bonchev–Trinajstić information content (AvgIpc) is 2.86. The molecule has 0 radical (unpaired) electrons. The van der Waals surface area contributed by atoms with Crippen LogP contribution in [-0.4, -0.2) is 38.3 Å². The third kappa shape index (κ3) is 10.7. The van der Waals surface area contributed by atoms with Crippen LogP contribution in [0.5, 0.6) is 17.2 Å². The summed E-state index contributed by atoms with van der Waals surface area (Å²) in [7, 11) is 0. The van der Waals surface area contributed by atoms with Crippen molar-refractivity contribution in [1.82, 2.24) is 0 Å². The van der Waals surface area contributed by atoms with Crippen molar-refractivity contribution in [3.8, 4) is 17.2 Å². The number of hydrogen-bond donors (Lipinski definition) is 0. The predicted molar refractivity (Wildman–Crippen MR) is 127 cm³/mol. The van der Waals surface area contributed by atoms with Crippen LogP contribution in [0.4, 0.5) is 0 Å². The predicted octanol–water partition coefficient (Wildman–Crippen LogP) is 5.88. The summed E-state index contributed by atoms with van der Waals surface area (Å²) >= 11 is 0. The molecule has 2 aromatic rings. The Kier molecular flexibility index (Phi) is 12.5. The first-order valence-corrected chi connectivity index (χ1v) is 11.5. The first kappa shape index (κ1) is 26.5. The van der Waals surface area contributed by atoms with Crippen LogP contribution >= 0.6 is 0 Å². The van der Waals surface area contributed by atoms with Crippen molar-refractivity contribution in [2.75, 3.05) is 26.4 Å². The number of unbranched alkanes of at least 4 members (excludes halogenated alkanes) is 4. The van der Waals surface area contributed by atoms with Crippen LogP contribution in [0.2, 0.25) is 0 Å². The Labute approximate surface area is 199 Å². The quantitative estimate of drug-likeness (QED) is 0.0756. The number of benzene rings is 2. The summed E-state index contributed by atoms with van der Waals surface area (Å²) in [5.41, 5.74) is 8.57. The Morgan fingerprint density at radius 2 is 1.35 bits per heavy atom. The highest BCUT2D eigenvalue weighted by Crippen LogP contribution is 2.20. The molecule has 0 saturated heterocycles. The fourth-order valence-corrected chi connectivity index (χ4v) is 2.86. The molecular weight excluding hydrogens is 438 g/mol. The normalized spacial score (nSPS) is 10.1. The number of rotatable bonds is 16. The Morgan fingerprint density at radius 3 is 1.97 bits per heavy atom. The highest BCUT2D eigenvalue weighted by Gasteiger charge is 2.09. The van der Waals surface area contributed by atoms with Crippen molar-refractivity contribution in [3.05, 3.63) is 64.5 Å². The highest BCUT2D eigenvalue weighted by molar-refractivity contribution is 5.91. The molecule has 0 spiro atoms. The molecule has 0 N–H and O–H groups in total. The first-order chi connectivity index (χ1) is 16.6. The molecule has 0 fully saturated rings. The summed E-state index contributed by atoms with van der Waals surface area (Å²) in [5.74, 6) is 0.932. The lowest BCUT2D eigenvalue weighted by Crippen LogP contribution is -2.09. The van der Waals surface area contributed by atoms with Gasteiger partial charge in [0.25, 0.3) is 0 Å². The summed E-state index contributed by atoms with van der Waals surface area (Å²) in [4.78, 5) is 26.0. The second-order valence-corrected chi connectivity index (χ2v) is 7.46. The van der Waals surface area contributed by atoms with Gasteiger partial charge in [-0.1, -0.05) is 18.5 Å². The van der Waals surface area contributed by atoms with E-state index in [0.717, 1.165) is 44.3 Å². The van der Waals surface area contributed by atoms with Crippen molar-refractivity contribution in [2.24, 2.45) is 5.11 Å². The third-order valence-corrected chi connectivity index (χ3v) is 4.72. The number of nitrogens with zero attached hydrogens (tertiary/aromatic N) is 3. The van der Waals surface area contributed by atoms with E-state index in [4.69, 9.17) is 24.5 Å². The molecule has 9 heteroatoms. The number of hydrogen-bond acceptors (Lipinski definition) is 7. The van der Waals surface area contributed by atoms with E-state index >= 15 is 0 Å². The zero-order chi connectivity index (χ0) is 24.4. The minimum atomic E-state index is -0.515. The van der Waals surface area contributed by atoms with Crippen LogP contribution in [0.25, 0.3) is 10.4 Å². The number of azide groups is 1. The van der Waals surface area contributed by atoms with E-state index < -0.39 is 11.9 Å². The van der Waals surface area contributed by atoms with E-state index in [0.29, 0.717) is 36.9 Å². The van der Waals surface area contributed by atoms with Gasteiger partial charge in [0.2, 0.25) is 0 Å². The molecule has 2 aromatic carbocycles. The lowest BCUT2D eigenvalue weighted by atomic mass is 10.2. The molecule has 0 bridgehead atoms. The fourth-order valence-electron chi connectivity index (χ4n) is 2.86. The highest BCUT2D eigenvalue weighted by atomic mass is 16.5. The van der Waals surface area contributed by atoms with Gasteiger partial charge in [-0.3, -0.25) is 4.79 Å². The van der Waals surface area contributed by atoms with Gasteiger partial charge >= 0.3 is 11.9 Å². The average molecular weight is 470 g/mol. The molecule has 0 atom stereocenters. The molecule has 0 aromatic heterocycles. The Bertz CT molecular complexity index is 925.